The van der Waals surface area contributed by atoms with Crippen LogP contribution in [0, 0.1) is 0 Å². The van der Waals surface area contributed by atoms with Crippen LogP contribution in [0.25, 0.3) is 0 Å². The lowest BCUT2D eigenvalue weighted by Gasteiger charge is -2.09. The number of hydrogen-bond donors (Lipinski definition) is 2. The first kappa shape index (κ1) is 14.7. The zero-order chi connectivity index (χ0) is 11.3. The number of rotatable bonds is 4. The maximum Gasteiger partial charge on any atom is 0.307 e. The lowest BCUT2D eigenvalue weighted by Crippen LogP contribution is -2.26. The van der Waals surface area contributed by atoms with Crippen molar-refractivity contribution in [3.63, 3.8) is 0 Å². The second kappa shape index (κ2) is 7.09. The fourth-order valence-electron chi connectivity index (χ4n) is 1.30. The normalized spacial score (nSPS) is 11.4. The molecule has 0 fully saturated rings. The van der Waals surface area contributed by atoms with Crippen molar-refractivity contribution in [1.29, 1.82) is 0 Å². The van der Waals surface area contributed by atoms with Crippen LogP contribution in [0.3, 0.4) is 0 Å². The maximum atomic E-state index is 10.9. The Kier molecular flexibility index (Phi) is 6.53. The summed E-state index contributed by atoms with van der Waals surface area (Å²) in [5.74, 6) is -0.0819. The number of esters is 1. The standard InChI is InChI=1S/C11H15NO3.ClH/c1-15-11(14)7-9(12)6-8-2-4-10(13)5-3-8;/h2-5,9,13H,6-7,12H2,1H3;1H/t9-;/m0./s1. The van der Waals surface area contributed by atoms with Gasteiger partial charge in [-0.2, -0.15) is 0 Å². The fraction of sp³-hybridized carbons (Fsp3) is 0.364. The average molecular weight is 246 g/mol. The van der Waals surface area contributed by atoms with Gasteiger partial charge in [-0.15, -0.1) is 12.4 Å². The van der Waals surface area contributed by atoms with Crippen molar-refractivity contribution >= 4 is 18.4 Å². The molecule has 0 amide bonds. The molecule has 0 spiro atoms. The Morgan fingerprint density at radius 1 is 1.44 bits per heavy atom. The molecule has 0 aromatic heterocycles. The molecule has 90 valence electrons. The van der Waals surface area contributed by atoms with Crippen LogP contribution < -0.4 is 5.73 Å². The van der Waals surface area contributed by atoms with Crippen LogP contribution in [0.1, 0.15) is 12.0 Å². The fourth-order valence-corrected chi connectivity index (χ4v) is 1.30. The number of hydrogen-bond acceptors (Lipinski definition) is 4. The molecule has 1 atom stereocenters. The van der Waals surface area contributed by atoms with Crippen LogP contribution in [0.4, 0.5) is 0 Å². The molecular formula is C11H16ClNO3. The lowest BCUT2D eigenvalue weighted by atomic mass is 10.0. The smallest absolute Gasteiger partial charge is 0.307 e. The predicted molar refractivity (Wildman–Crippen MR) is 63.7 cm³/mol. The summed E-state index contributed by atoms with van der Waals surface area (Å²) in [6, 6.07) is 6.52. The van der Waals surface area contributed by atoms with E-state index in [0.29, 0.717) is 6.42 Å². The number of carbonyl (C=O) groups is 1. The van der Waals surface area contributed by atoms with Crippen molar-refractivity contribution < 1.29 is 14.6 Å². The first-order chi connectivity index (χ1) is 7.11. The van der Waals surface area contributed by atoms with Crippen LogP contribution in [0.5, 0.6) is 5.75 Å². The molecule has 0 heterocycles. The van der Waals surface area contributed by atoms with Crippen molar-refractivity contribution in [3.05, 3.63) is 29.8 Å². The molecule has 1 rings (SSSR count). The summed E-state index contributed by atoms with van der Waals surface area (Å²) in [4.78, 5) is 10.9. The number of nitrogens with two attached hydrogens (primary N) is 1. The molecule has 1 aromatic carbocycles. The minimum atomic E-state index is -0.304. The number of methoxy groups -OCH3 is 1. The summed E-state index contributed by atoms with van der Waals surface area (Å²) in [6.45, 7) is 0. The molecule has 0 unspecified atom stereocenters. The summed E-state index contributed by atoms with van der Waals surface area (Å²) >= 11 is 0. The third-order valence-corrected chi connectivity index (χ3v) is 2.09. The van der Waals surface area contributed by atoms with E-state index in [0.717, 1.165) is 5.56 Å². The minimum absolute atomic E-state index is 0. The Labute approximate surface area is 101 Å². The highest BCUT2D eigenvalue weighted by molar-refractivity contribution is 5.85. The van der Waals surface area contributed by atoms with Gasteiger partial charge < -0.3 is 15.6 Å². The number of phenols is 1. The van der Waals surface area contributed by atoms with E-state index in [-0.39, 0.29) is 36.6 Å². The molecule has 0 aliphatic rings. The molecule has 0 aliphatic heterocycles. The number of halogens is 1. The lowest BCUT2D eigenvalue weighted by molar-refractivity contribution is -0.140. The number of aromatic hydroxyl groups is 1. The molecule has 0 bridgehead atoms. The van der Waals surface area contributed by atoms with Gasteiger partial charge in [0, 0.05) is 6.04 Å². The van der Waals surface area contributed by atoms with Gasteiger partial charge in [0.25, 0.3) is 0 Å². The van der Waals surface area contributed by atoms with E-state index in [4.69, 9.17) is 10.8 Å². The van der Waals surface area contributed by atoms with Gasteiger partial charge in [-0.3, -0.25) is 4.79 Å². The molecule has 16 heavy (non-hydrogen) atoms. The van der Waals surface area contributed by atoms with E-state index >= 15 is 0 Å². The van der Waals surface area contributed by atoms with Crippen LogP contribution >= 0.6 is 12.4 Å². The second-order valence-corrected chi connectivity index (χ2v) is 3.41. The topological polar surface area (TPSA) is 72.5 Å². The molecule has 0 saturated carbocycles. The highest BCUT2D eigenvalue weighted by Gasteiger charge is 2.10. The van der Waals surface area contributed by atoms with Gasteiger partial charge in [0.2, 0.25) is 0 Å². The monoisotopic (exact) mass is 245 g/mol. The molecule has 0 radical (unpaired) electrons. The average Bonchev–Trinajstić information content (AvgIpc) is 2.21. The third-order valence-electron chi connectivity index (χ3n) is 2.09. The summed E-state index contributed by atoms with van der Waals surface area (Å²) in [5.41, 5.74) is 6.75. The molecule has 1 aromatic rings. The molecular weight excluding hydrogens is 230 g/mol. The van der Waals surface area contributed by atoms with Crippen LogP contribution in [-0.4, -0.2) is 24.2 Å². The van der Waals surface area contributed by atoms with E-state index in [1.807, 2.05) is 0 Å². The molecule has 5 heteroatoms. The van der Waals surface area contributed by atoms with Crippen LogP contribution in [-0.2, 0) is 16.0 Å². The second-order valence-electron chi connectivity index (χ2n) is 3.41. The quantitative estimate of drug-likeness (QED) is 0.783. The first-order valence-electron chi connectivity index (χ1n) is 4.72. The van der Waals surface area contributed by atoms with E-state index in [2.05, 4.69) is 4.74 Å². The van der Waals surface area contributed by atoms with E-state index in [9.17, 15) is 4.79 Å². The highest BCUT2D eigenvalue weighted by atomic mass is 35.5. The largest absolute Gasteiger partial charge is 0.508 e. The summed E-state index contributed by atoms with van der Waals surface area (Å²) in [5, 5.41) is 9.07. The number of phenolic OH excluding ortho intramolecular Hbond substituents is 1. The number of benzene rings is 1. The van der Waals surface area contributed by atoms with Crippen LogP contribution in [0.15, 0.2) is 24.3 Å². The number of ether oxygens (including phenoxy) is 1. The third kappa shape index (κ3) is 5.00. The van der Waals surface area contributed by atoms with Gasteiger partial charge >= 0.3 is 5.97 Å². The SMILES string of the molecule is COC(=O)C[C@@H](N)Cc1ccc(O)cc1.Cl. The zero-order valence-electron chi connectivity index (χ0n) is 9.05. The van der Waals surface area contributed by atoms with Crippen molar-refractivity contribution in [3.8, 4) is 5.75 Å². The summed E-state index contributed by atoms with van der Waals surface area (Å²) < 4.78 is 4.52. The van der Waals surface area contributed by atoms with Gasteiger partial charge in [0.05, 0.1) is 13.5 Å². The van der Waals surface area contributed by atoms with Gasteiger partial charge in [-0.25, -0.2) is 0 Å². The van der Waals surface area contributed by atoms with Gasteiger partial charge in [-0.05, 0) is 24.1 Å². The predicted octanol–water partition coefficient (Wildman–Crippen LogP) is 1.25. The summed E-state index contributed by atoms with van der Waals surface area (Å²) in [6.07, 6.45) is 0.798. The Morgan fingerprint density at radius 3 is 2.50 bits per heavy atom. The molecule has 3 N–H and O–H groups in total. The van der Waals surface area contributed by atoms with Crippen molar-refractivity contribution in [2.45, 2.75) is 18.9 Å². The van der Waals surface area contributed by atoms with Crippen molar-refractivity contribution in [1.82, 2.24) is 0 Å². The molecule has 0 aliphatic carbocycles. The Bertz CT molecular complexity index is 327. The van der Waals surface area contributed by atoms with Crippen LogP contribution in [0.2, 0.25) is 0 Å². The van der Waals surface area contributed by atoms with Gasteiger partial charge in [0.15, 0.2) is 0 Å². The van der Waals surface area contributed by atoms with E-state index in [1.54, 1.807) is 24.3 Å². The Hall–Kier alpha value is -1.26. The van der Waals surface area contributed by atoms with E-state index in [1.165, 1.54) is 7.11 Å². The maximum absolute atomic E-state index is 10.9. The Balaban J connectivity index is 0.00000225. The van der Waals surface area contributed by atoms with Gasteiger partial charge in [0.1, 0.15) is 5.75 Å². The minimum Gasteiger partial charge on any atom is -0.508 e. The molecule has 4 nitrogen and oxygen atoms in total. The Morgan fingerprint density at radius 2 is 2.00 bits per heavy atom. The van der Waals surface area contributed by atoms with Crippen molar-refractivity contribution in [2.75, 3.05) is 7.11 Å². The highest BCUT2D eigenvalue weighted by Crippen LogP contribution is 2.11. The first-order valence-corrected chi connectivity index (χ1v) is 4.72. The molecule has 0 saturated heterocycles. The van der Waals surface area contributed by atoms with E-state index < -0.39 is 0 Å². The number of carbonyl (C=O) groups excluding carboxylic acids is 1. The van der Waals surface area contributed by atoms with Crippen molar-refractivity contribution in [2.24, 2.45) is 5.73 Å². The summed E-state index contributed by atoms with van der Waals surface area (Å²) in [7, 11) is 1.34. The zero-order valence-corrected chi connectivity index (χ0v) is 9.87. The van der Waals surface area contributed by atoms with Gasteiger partial charge in [-0.1, -0.05) is 12.1 Å².